The molecule has 0 bridgehead atoms. The maximum absolute atomic E-state index is 14.5. The van der Waals surface area contributed by atoms with E-state index in [0.717, 1.165) is 17.0 Å². The molecule has 8 nitrogen and oxygen atoms in total. The number of hydrogen-bond donors (Lipinski definition) is 4. The van der Waals surface area contributed by atoms with Crippen LogP contribution in [0.3, 0.4) is 0 Å². The number of halogens is 3. The van der Waals surface area contributed by atoms with E-state index < -0.39 is 60.3 Å². The number of amides is 3. The van der Waals surface area contributed by atoms with E-state index in [9.17, 15) is 37.8 Å². The molecule has 11 heteroatoms. The van der Waals surface area contributed by atoms with Crippen LogP contribution in [0.15, 0.2) is 66.7 Å². The number of phenolic OH excluding ortho intramolecular Hbond substituents is 1. The van der Waals surface area contributed by atoms with Crippen molar-refractivity contribution in [1.82, 2.24) is 15.5 Å². The topological polar surface area (TPSA) is 119 Å². The number of likely N-dealkylation sites (tertiary alicyclic amines) is 1. The van der Waals surface area contributed by atoms with Gasteiger partial charge < -0.3 is 25.7 Å². The standard InChI is InChI=1S/C30H30F3N3O5/c1-17-21(8-5-9-26(17)37)28(39)35-24(13-18-6-3-2-4-7-18)27(38)30(41)36-16-20(31)14-25(36)29(40)34-15-19-10-11-22(32)23(33)12-19/h2-12,20,24-25,27,37-38H,13-16H2,1H3,(H,34,40)(H,35,39). The third-order valence-electron chi connectivity index (χ3n) is 7.09. The molecule has 4 rings (SSSR count). The number of alkyl halides is 1. The molecule has 4 atom stereocenters. The first-order valence-electron chi connectivity index (χ1n) is 13.0. The summed E-state index contributed by atoms with van der Waals surface area (Å²) in [5, 5.41) is 26.4. The summed E-state index contributed by atoms with van der Waals surface area (Å²) in [6.07, 6.45) is -3.66. The Bertz CT molecular complexity index is 1420. The number of nitrogens with one attached hydrogen (secondary N) is 2. The van der Waals surface area contributed by atoms with Crippen molar-refractivity contribution in [2.75, 3.05) is 6.54 Å². The van der Waals surface area contributed by atoms with Gasteiger partial charge in [-0.05, 0) is 48.7 Å². The van der Waals surface area contributed by atoms with Crippen LogP contribution in [0, 0.1) is 18.6 Å². The van der Waals surface area contributed by atoms with Crippen molar-refractivity contribution < 1.29 is 37.8 Å². The monoisotopic (exact) mass is 569 g/mol. The number of phenols is 1. The van der Waals surface area contributed by atoms with Crippen LogP contribution in [0.25, 0.3) is 0 Å². The molecule has 3 amide bonds. The van der Waals surface area contributed by atoms with Crippen LogP contribution in [-0.2, 0) is 22.6 Å². The summed E-state index contributed by atoms with van der Waals surface area (Å²) in [5.41, 5.74) is 1.41. The molecule has 0 aromatic heterocycles. The molecule has 1 aliphatic heterocycles. The van der Waals surface area contributed by atoms with Crippen LogP contribution >= 0.6 is 0 Å². The van der Waals surface area contributed by atoms with Crippen molar-refractivity contribution in [2.24, 2.45) is 0 Å². The number of nitrogens with zero attached hydrogens (tertiary/aromatic N) is 1. The van der Waals surface area contributed by atoms with Crippen LogP contribution in [0.1, 0.15) is 33.5 Å². The number of carbonyl (C=O) groups is 3. The summed E-state index contributed by atoms with van der Waals surface area (Å²) >= 11 is 0. The Balaban J connectivity index is 1.52. The number of carbonyl (C=O) groups excluding carboxylic acids is 3. The molecule has 0 radical (unpaired) electrons. The van der Waals surface area contributed by atoms with E-state index in [1.54, 1.807) is 37.3 Å². The molecule has 1 fully saturated rings. The number of hydrogen-bond acceptors (Lipinski definition) is 5. The highest BCUT2D eigenvalue weighted by Gasteiger charge is 2.43. The van der Waals surface area contributed by atoms with Crippen LogP contribution in [-0.4, -0.2) is 63.7 Å². The van der Waals surface area contributed by atoms with Gasteiger partial charge in [-0.1, -0.05) is 42.5 Å². The summed E-state index contributed by atoms with van der Waals surface area (Å²) < 4.78 is 41.2. The third-order valence-corrected chi connectivity index (χ3v) is 7.09. The Morgan fingerprint density at radius 1 is 1.00 bits per heavy atom. The fourth-order valence-corrected chi connectivity index (χ4v) is 4.80. The van der Waals surface area contributed by atoms with Gasteiger partial charge in [0.2, 0.25) is 5.91 Å². The summed E-state index contributed by atoms with van der Waals surface area (Å²) in [4.78, 5) is 40.5. The Morgan fingerprint density at radius 2 is 1.73 bits per heavy atom. The summed E-state index contributed by atoms with van der Waals surface area (Å²) in [6.45, 7) is 0.911. The molecule has 0 aliphatic carbocycles. The minimum atomic E-state index is -1.84. The van der Waals surface area contributed by atoms with Crippen molar-refractivity contribution in [3.63, 3.8) is 0 Å². The lowest BCUT2D eigenvalue weighted by molar-refractivity contribution is -0.146. The minimum absolute atomic E-state index is 0.0389. The van der Waals surface area contributed by atoms with Crippen LogP contribution in [0.5, 0.6) is 5.75 Å². The van der Waals surface area contributed by atoms with Crippen molar-refractivity contribution in [3.05, 3.63) is 101 Å². The van der Waals surface area contributed by atoms with E-state index in [1.165, 1.54) is 24.3 Å². The lowest BCUT2D eigenvalue weighted by atomic mass is 9.98. The summed E-state index contributed by atoms with van der Waals surface area (Å²) in [6, 6.07) is 13.9. The van der Waals surface area contributed by atoms with E-state index >= 15 is 0 Å². The van der Waals surface area contributed by atoms with Gasteiger partial charge in [0.1, 0.15) is 18.0 Å². The van der Waals surface area contributed by atoms with Gasteiger partial charge in [0.15, 0.2) is 17.7 Å². The molecule has 216 valence electrons. The molecule has 3 aromatic carbocycles. The van der Waals surface area contributed by atoms with Gasteiger partial charge in [-0.2, -0.15) is 0 Å². The normalized spacial score (nSPS) is 18.0. The zero-order valence-electron chi connectivity index (χ0n) is 22.2. The van der Waals surface area contributed by atoms with Gasteiger partial charge >= 0.3 is 0 Å². The van der Waals surface area contributed by atoms with Crippen LogP contribution < -0.4 is 10.6 Å². The van der Waals surface area contributed by atoms with E-state index in [1.807, 2.05) is 0 Å². The predicted octanol–water partition coefficient (Wildman–Crippen LogP) is 2.94. The molecule has 0 spiro atoms. The molecule has 1 saturated heterocycles. The highest BCUT2D eigenvalue weighted by molar-refractivity contribution is 5.97. The molecule has 3 aromatic rings. The number of aliphatic hydroxyl groups is 1. The fraction of sp³-hybridized carbons (Fsp3) is 0.300. The highest BCUT2D eigenvalue weighted by Crippen LogP contribution is 2.24. The lowest BCUT2D eigenvalue weighted by Gasteiger charge is -2.30. The van der Waals surface area contributed by atoms with Gasteiger partial charge in [0, 0.05) is 24.1 Å². The van der Waals surface area contributed by atoms with Crippen molar-refractivity contribution in [3.8, 4) is 5.75 Å². The SMILES string of the molecule is Cc1c(O)cccc1C(=O)NC(Cc1ccccc1)C(O)C(=O)N1CC(F)CC1C(=O)NCc1ccc(F)c(F)c1. The van der Waals surface area contributed by atoms with E-state index in [2.05, 4.69) is 10.6 Å². The number of aliphatic hydroxyl groups excluding tert-OH is 1. The fourth-order valence-electron chi connectivity index (χ4n) is 4.80. The second-order valence-electron chi connectivity index (χ2n) is 9.97. The maximum atomic E-state index is 14.5. The van der Waals surface area contributed by atoms with E-state index in [4.69, 9.17) is 0 Å². The second-order valence-corrected chi connectivity index (χ2v) is 9.97. The molecule has 1 heterocycles. The molecular formula is C30H30F3N3O5. The quantitative estimate of drug-likeness (QED) is 0.316. The van der Waals surface area contributed by atoms with Crippen LogP contribution in [0.4, 0.5) is 13.2 Å². The molecule has 0 saturated carbocycles. The average Bonchev–Trinajstić information content (AvgIpc) is 3.36. The number of benzene rings is 3. The van der Waals surface area contributed by atoms with Crippen LogP contribution in [0.2, 0.25) is 0 Å². The van der Waals surface area contributed by atoms with Gasteiger partial charge in [-0.15, -0.1) is 0 Å². The van der Waals surface area contributed by atoms with Crippen molar-refractivity contribution in [1.29, 1.82) is 0 Å². The largest absolute Gasteiger partial charge is 0.508 e. The van der Waals surface area contributed by atoms with Gasteiger partial charge in [0.05, 0.1) is 12.6 Å². The third kappa shape index (κ3) is 7.04. The molecular weight excluding hydrogens is 539 g/mol. The van der Waals surface area contributed by atoms with Crippen molar-refractivity contribution in [2.45, 2.75) is 50.7 Å². The minimum Gasteiger partial charge on any atom is -0.508 e. The number of rotatable bonds is 9. The van der Waals surface area contributed by atoms with Gasteiger partial charge in [-0.3, -0.25) is 14.4 Å². The second kappa shape index (κ2) is 12.9. The van der Waals surface area contributed by atoms with Gasteiger partial charge in [-0.25, -0.2) is 13.2 Å². The maximum Gasteiger partial charge on any atom is 0.254 e. The first-order chi connectivity index (χ1) is 19.5. The first kappa shape index (κ1) is 29.6. The number of aromatic hydroxyl groups is 1. The summed E-state index contributed by atoms with van der Waals surface area (Å²) in [7, 11) is 0. The lowest BCUT2D eigenvalue weighted by Crippen LogP contribution is -2.55. The van der Waals surface area contributed by atoms with Crippen molar-refractivity contribution >= 4 is 17.7 Å². The average molecular weight is 570 g/mol. The smallest absolute Gasteiger partial charge is 0.254 e. The van der Waals surface area contributed by atoms with E-state index in [-0.39, 0.29) is 36.3 Å². The molecule has 4 N–H and O–H groups in total. The zero-order valence-corrected chi connectivity index (χ0v) is 22.2. The highest BCUT2D eigenvalue weighted by atomic mass is 19.2. The van der Waals surface area contributed by atoms with E-state index in [0.29, 0.717) is 11.1 Å². The molecule has 4 unspecified atom stereocenters. The Hall–Kier alpha value is -4.38. The predicted molar refractivity (Wildman–Crippen MR) is 143 cm³/mol. The molecule has 41 heavy (non-hydrogen) atoms. The first-order valence-corrected chi connectivity index (χ1v) is 13.0. The van der Waals surface area contributed by atoms with Gasteiger partial charge in [0.25, 0.3) is 11.8 Å². The Labute approximate surface area is 234 Å². The Kier molecular flexibility index (Phi) is 9.28. The Morgan fingerprint density at radius 3 is 2.44 bits per heavy atom. The summed E-state index contributed by atoms with van der Waals surface area (Å²) in [5.74, 6) is -4.55. The molecule has 1 aliphatic rings. The zero-order chi connectivity index (χ0) is 29.7.